The van der Waals surface area contributed by atoms with E-state index in [0.717, 1.165) is 0 Å². The highest BCUT2D eigenvalue weighted by atomic mass is 31.2. The summed E-state index contributed by atoms with van der Waals surface area (Å²) in [4.78, 5) is 25.8. The van der Waals surface area contributed by atoms with Crippen LogP contribution < -0.4 is 5.73 Å². The lowest BCUT2D eigenvalue weighted by molar-refractivity contribution is 0.168. The first kappa shape index (κ1) is 13.1. The molecule has 6 N–H and O–H groups in total. The minimum Gasteiger partial charge on any atom is -0.387 e. The SMILES string of the molecule is NCCC(O)C([P+](=O)O)P(=O)(O)O. The van der Waals surface area contributed by atoms with E-state index >= 15 is 0 Å². The van der Waals surface area contributed by atoms with E-state index in [-0.39, 0.29) is 13.0 Å². The fraction of sp³-hybridized carbons (Fsp3) is 1.00. The maximum absolute atomic E-state index is 10.6. The lowest BCUT2D eigenvalue weighted by atomic mass is 10.3. The molecular weight excluding hydrogens is 220 g/mol. The smallest absolute Gasteiger partial charge is 0.387 e. The van der Waals surface area contributed by atoms with E-state index in [1.165, 1.54) is 0 Å². The van der Waals surface area contributed by atoms with Gasteiger partial charge in [0, 0.05) is 0 Å². The summed E-state index contributed by atoms with van der Waals surface area (Å²) in [5, 5.41) is 7.16. The largest absolute Gasteiger partial charge is 0.524 e. The van der Waals surface area contributed by atoms with E-state index in [0.29, 0.717) is 0 Å². The second kappa shape index (κ2) is 5.12. The van der Waals surface area contributed by atoms with Gasteiger partial charge in [-0.3, -0.25) is 4.57 Å². The Bertz CT molecular complexity index is 227. The Morgan fingerprint density at radius 2 is 1.92 bits per heavy atom. The number of aliphatic hydroxyl groups excluding tert-OH is 1. The molecule has 0 aliphatic rings. The number of aliphatic hydroxyl groups is 1. The van der Waals surface area contributed by atoms with Crippen LogP contribution in [0.5, 0.6) is 0 Å². The van der Waals surface area contributed by atoms with Crippen molar-refractivity contribution in [3.05, 3.63) is 0 Å². The van der Waals surface area contributed by atoms with E-state index in [1.807, 2.05) is 0 Å². The van der Waals surface area contributed by atoms with Gasteiger partial charge in [0.05, 0.1) is 0 Å². The predicted octanol–water partition coefficient (Wildman–Crippen LogP) is -1.07. The number of nitrogens with two attached hydrogens (primary N) is 1. The van der Waals surface area contributed by atoms with Crippen molar-refractivity contribution in [2.45, 2.75) is 17.9 Å². The van der Waals surface area contributed by atoms with Gasteiger partial charge >= 0.3 is 21.0 Å². The molecular formula is C4H12NO6P2+. The molecule has 78 valence electrons. The molecule has 0 saturated carbocycles. The van der Waals surface area contributed by atoms with Gasteiger partial charge in [-0.05, 0) is 17.5 Å². The number of hydrogen-bond donors (Lipinski definition) is 5. The van der Waals surface area contributed by atoms with Gasteiger partial charge in [0.25, 0.3) is 0 Å². The fourth-order valence-corrected chi connectivity index (χ4v) is 2.89. The van der Waals surface area contributed by atoms with Crippen molar-refractivity contribution in [2.24, 2.45) is 5.73 Å². The Morgan fingerprint density at radius 1 is 1.46 bits per heavy atom. The van der Waals surface area contributed by atoms with Crippen LogP contribution in [0, 0.1) is 0 Å². The molecule has 0 bridgehead atoms. The monoisotopic (exact) mass is 232 g/mol. The zero-order chi connectivity index (χ0) is 10.6. The zero-order valence-electron chi connectivity index (χ0n) is 6.65. The average Bonchev–Trinajstić information content (AvgIpc) is 1.82. The maximum Gasteiger partial charge on any atom is 0.524 e. The summed E-state index contributed by atoms with van der Waals surface area (Å²) in [5.41, 5.74) is 5.02. The molecule has 0 rings (SSSR count). The molecule has 3 unspecified atom stereocenters. The van der Waals surface area contributed by atoms with Crippen LogP contribution in [-0.2, 0) is 9.13 Å². The Hall–Kier alpha value is 0.130. The van der Waals surface area contributed by atoms with Crippen molar-refractivity contribution in [3.63, 3.8) is 0 Å². The summed E-state index contributed by atoms with van der Waals surface area (Å²) in [7, 11) is -7.88. The first-order valence-electron chi connectivity index (χ1n) is 3.39. The lowest BCUT2D eigenvalue weighted by Gasteiger charge is -2.12. The third kappa shape index (κ3) is 4.24. The van der Waals surface area contributed by atoms with Gasteiger partial charge in [0.15, 0.2) is 0 Å². The Kier molecular flexibility index (Phi) is 5.17. The van der Waals surface area contributed by atoms with Crippen molar-refractivity contribution in [1.82, 2.24) is 0 Å². The van der Waals surface area contributed by atoms with Crippen LogP contribution in [0.2, 0.25) is 0 Å². The first-order chi connectivity index (χ1) is 5.80. The summed E-state index contributed by atoms with van der Waals surface area (Å²) in [6, 6.07) is 0. The van der Waals surface area contributed by atoms with E-state index in [1.54, 1.807) is 0 Å². The van der Waals surface area contributed by atoms with Crippen LogP contribution in [0.1, 0.15) is 6.42 Å². The molecule has 0 aromatic rings. The molecule has 3 atom stereocenters. The predicted molar refractivity (Wildman–Crippen MR) is 45.3 cm³/mol. The van der Waals surface area contributed by atoms with Gasteiger partial charge < -0.3 is 20.6 Å². The summed E-state index contributed by atoms with van der Waals surface area (Å²) < 4.78 is 21.2. The normalized spacial score (nSPS) is 18.1. The highest BCUT2D eigenvalue weighted by Gasteiger charge is 2.50. The maximum atomic E-state index is 10.6. The van der Waals surface area contributed by atoms with Crippen molar-refractivity contribution < 1.29 is 28.9 Å². The molecule has 0 saturated heterocycles. The van der Waals surface area contributed by atoms with E-state index < -0.39 is 27.1 Å². The highest BCUT2D eigenvalue weighted by molar-refractivity contribution is 7.65. The lowest BCUT2D eigenvalue weighted by Crippen LogP contribution is -2.25. The minimum atomic E-state index is -4.76. The van der Waals surface area contributed by atoms with Gasteiger partial charge in [0.1, 0.15) is 6.10 Å². The molecule has 0 spiro atoms. The standard InChI is InChI=1S/C4H11NO6P2/c5-2-1-3(6)4(12(7)8)13(9,10)11/h3-4,6H,1-2,5H2,(H2-,7,8,9,10,11)/p+1. The average molecular weight is 232 g/mol. The summed E-state index contributed by atoms with van der Waals surface area (Å²) >= 11 is 0. The summed E-state index contributed by atoms with van der Waals surface area (Å²) in [5.74, 6) is 0. The number of hydrogen-bond acceptors (Lipinski definition) is 4. The van der Waals surface area contributed by atoms with Gasteiger partial charge in [0.2, 0.25) is 0 Å². The van der Waals surface area contributed by atoms with Gasteiger partial charge in [-0.1, -0.05) is 0 Å². The van der Waals surface area contributed by atoms with Crippen LogP contribution in [0.25, 0.3) is 0 Å². The molecule has 9 heteroatoms. The van der Waals surface area contributed by atoms with Gasteiger partial charge in [-0.25, -0.2) is 0 Å². The third-order valence-electron chi connectivity index (χ3n) is 1.38. The highest BCUT2D eigenvalue weighted by Crippen LogP contribution is 2.53. The molecule has 0 aromatic heterocycles. The number of rotatable bonds is 5. The molecule has 0 aromatic carbocycles. The molecule has 0 aliphatic heterocycles. The second-order valence-electron chi connectivity index (χ2n) is 2.45. The Balaban J connectivity index is 4.62. The molecule has 0 heterocycles. The molecule has 7 nitrogen and oxygen atoms in total. The summed E-state index contributed by atoms with van der Waals surface area (Å²) in [6.45, 7) is -0.0131. The summed E-state index contributed by atoms with van der Waals surface area (Å²) in [6.07, 6.45) is -1.68. The van der Waals surface area contributed by atoms with Crippen LogP contribution in [0.4, 0.5) is 0 Å². The molecule has 0 fully saturated rings. The topological polar surface area (TPSA) is 141 Å². The van der Waals surface area contributed by atoms with Crippen molar-refractivity contribution in [3.8, 4) is 0 Å². The minimum absolute atomic E-state index is 0.0131. The quantitative estimate of drug-likeness (QED) is 0.380. The fourth-order valence-electron chi connectivity index (χ4n) is 0.820. The Morgan fingerprint density at radius 3 is 2.15 bits per heavy atom. The van der Waals surface area contributed by atoms with E-state index in [9.17, 15) is 9.13 Å². The molecule has 0 aliphatic carbocycles. The molecule has 0 amide bonds. The Labute approximate surface area is 75.6 Å². The first-order valence-corrected chi connectivity index (χ1v) is 6.35. The van der Waals surface area contributed by atoms with Crippen LogP contribution >= 0.6 is 15.6 Å². The van der Waals surface area contributed by atoms with Gasteiger partial charge in [-0.2, -0.15) is 4.89 Å². The van der Waals surface area contributed by atoms with Gasteiger partial charge in [-0.15, -0.1) is 0 Å². The molecule has 13 heavy (non-hydrogen) atoms. The van der Waals surface area contributed by atoms with E-state index in [4.69, 9.17) is 25.5 Å². The van der Waals surface area contributed by atoms with Crippen molar-refractivity contribution in [2.75, 3.05) is 6.54 Å². The van der Waals surface area contributed by atoms with Crippen LogP contribution in [-0.4, -0.2) is 37.8 Å². The second-order valence-corrected chi connectivity index (χ2v) is 5.75. The third-order valence-corrected chi connectivity index (χ3v) is 4.70. The van der Waals surface area contributed by atoms with Crippen molar-refractivity contribution in [1.29, 1.82) is 0 Å². The molecule has 0 radical (unpaired) electrons. The zero-order valence-corrected chi connectivity index (χ0v) is 8.43. The van der Waals surface area contributed by atoms with Crippen molar-refractivity contribution >= 4 is 15.6 Å². The van der Waals surface area contributed by atoms with Crippen LogP contribution in [0.3, 0.4) is 0 Å². The van der Waals surface area contributed by atoms with E-state index in [2.05, 4.69) is 0 Å². The van der Waals surface area contributed by atoms with Crippen LogP contribution in [0.15, 0.2) is 0 Å².